The van der Waals surface area contributed by atoms with Gasteiger partial charge in [0.05, 0.1) is 11.1 Å². The molecule has 96 valence electrons. The van der Waals surface area contributed by atoms with Crippen molar-refractivity contribution in [1.82, 2.24) is 0 Å². The first-order chi connectivity index (χ1) is 9.09. The molecule has 2 rings (SSSR count). The standard InChI is InChI=1S/C16H14O3/c1-11-7-3-4-8-13(11)16(18)19-15-10-6-5-9-14(15)12(2)17/h3-10H,1-2H3. The lowest BCUT2D eigenvalue weighted by atomic mass is 10.1. The van der Waals surface area contributed by atoms with Crippen LogP contribution in [-0.2, 0) is 0 Å². The van der Waals surface area contributed by atoms with Gasteiger partial charge in [-0.2, -0.15) is 0 Å². The number of para-hydroxylation sites is 1. The van der Waals surface area contributed by atoms with Crippen LogP contribution in [0.4, 0.5) is 0 Å². The predicted molar refractivity (Wildman–Crippen MR) is 72.6 cm³/mol. The van der Waals surface area contributed by atoms with E-state index in [0.29, 0.717) is 16.9 Å². The van der Waals surface area contributed by atoms with Crippen molar-refractivity contribution in [2.24, 2.45) is 0 Å². The molecule has 0 heterocycles. The van der Waals surface area contributed by atoms with Crippen molar-refractivity contribution in [1.29, 1.82) is 0 Å². The van der Waals surface area contributed by atoms with Crippen LogP contribution < -0.4 is 4.74 Å². The normalized spacial score (nSPS) is 10.0. The number of ether oxygens (including phenoxy) is 1. The molecule has 0 aliphatic rings. The second kappa shape index (κ2) is 5.48. The molecule has 19 heavy (non-hydrogen) atoms. The number of benzene rings is 2. The first kappa shape index (κ1) is 13.0. The van der Waals surface area contributed by atoms with E-state index in [1.807, 2.05) is 19.1 Å². The molecule has 3 nitrogen and oxygen atoms in total. The van der Waals surface area contributed by atoms with E-state index in [9.17, 15) is 9.59 Å². The lowest BCUT2D eigenvalue weighted by Gasteiger charge is -2.09. The van der Waals surface area contributed by atoms with Crippen LogP contribution in [0.2, 0.25) is 0 Å². The molecular weight excluding hydrogens is 240 g/mol. The summed E-state index contributed by atoms with van der Waals surface area (Å²) in [7, 11) is 0. The summed E-state index contributed by atoms with van der Waals surface area (Å²) < 4.78 is 5.31. The highest BCUT2D eigenvalue weighted by Crippen LogP contribution is 2.20. The number of carbonyl (C=O) groups is 2. The Labute approximate surface area is 111 Å². The first-order valence-corrected chi connectivity index (χ1v) is 5.97. The minimum atomic E-state index is -0.452. The summed E-state index contributed by atoms with van der Waals surface area (Å²) in [5.41, 5.74) is 1.75. The molecule has 0 spiro atoms. The van der Waals surface area contributed by atoms with Crippen molar-refractivity contribution in [3.05, 3.63) is 65.2 Å². The molecular formula is C16H14O3. The largest absolute Gasteiger partial charge is 0.422 e. The van der Waals surface area contributed by atoms with E-state index in [-0.39, 0.29) is 5.78 Å². The van der Waals surface area contributed by atoms with Crippen molar-refractivity contribution in [3.63, 3.8) is 0 Å². The Morgan fingerprint density at radius 1 is 0.895 bits per heavy atom. The smallest absolute Gasteiger partial charge is 0.343 e. The Morgan fingerprint density at radius 3 is 2.11 bits per heavy atom. The van der Waals surface area contributed by atoms with E-state index in [2.05, 4.69) is 0 Å². The Balaban J connectivity index is 2.30. The summed E-state index contributed by atoms with van der Waals surface area (Å²) in [4.78, 5) is 23.5. The van der Waals surface area contributed by atoms with Crippen LogP contribution >= 0.6 is 0 Å². The second-order valence-electron chi connectivity index (χ2n) is 4.26. The zero-order valence-electron chi connectivity index (χ0n) is 10.8. The fourth-order valence-corrected chi connectivity index (χ4v) is 1.80. The van der Waals surface area contributed by atoms with E-state index in [4.69, 9.17) is 4.74 Å². The highest BCUT2D eigenvalue weighted by atomic mass is 16.5. The third-order valence-corrected chi connectivity index (χ3v) is 2.83. The SMILES string of the molecule is CC(=O)c1ccccc1OC(=O)c1ccccc1C. The minimum Gasteiger partial charge on any atom is -0.422 e. The van der Waals surface area contributed by atoms with Gasteiger partial charge in [-0.3, -0.25) is 4.79 Å². The Hall–Kier alpha value is -2.42. The molecule has 0 atom stereocenters. The third-order valence-electron chi connectivity index (χ3n) is 2.83. The van der Waals surface area contributed by atoms with Gasteiger partial charge in [-0.05, 0) is 37.6 Å². The number of ketones is 1. The summed E-state index contributed by atoms with van der Waals surface area (Å²) in [5, 5.41) is 0. The number of hydrogen-bond acceptors (Lipinski definition) is 3. The van der Waals surface area contributed by atoms with Crippen LogP contribution in [0.15, 0.2) is 48.5 Å². The van der Waals surface area contributed by atoms with Gasteiger partial charge < -0.3 is 4.74 Å². The van der Waals surface area contributed by atoms with Crippen molar-refractivity contribution in [2.45, 2.75) is 13.8 Å². The lowest BCUT2D eigenvalue weighted by Crippen LogP contribution is -2.12. The van der Waals surface area contributed by atoms with Gasteiger partial charge in [-0.1, -0.05) is 30.3 Å². The fraction of sp³-hybridized carbons (Fsp3) is 0.125. The average molecular weight is 254 g/mol. The fourth-order valence-electron chi connectivity index (χ4n) is 1.80. The molecule has 0 aliphatic carbocycles. The molecule has 0 aliphatic heterocycles. The second-order valence-corrected chi connectivity index (χ2v) is 4.26. The first-order valence-electron chi connectivity index (χ1n) is 5.97. The maximum Gasteiger partial charge on any atom is 0.343 e. The maximum absolute atomic E-state index is 12.1. The van der Waals surface area contributed by atoms with Gasteiger partial charge in [-0.25, -0.2) is 4.79 Å². The van der Waals surface area contributed by atoms with Crippen LogP contribution in [0.25, 0.3) is 0 Å². The summed E-state index contributed by atoms with van der Waals surface area (Å²) in [6, 6.07) is 13.9. The third kappa shape index (κ3) is 2.88. The molecule has 0 saturated heterocycles. The van der Waals surface area contributed by atoms with Gasteiger partial charge in [0, 0.05) is 0 Å². The molecule has 0 aromatic heterocycles. The molecule has 0 unspecified atom stereocenters. The highest BCUT2D eigenvalue weighted by molar-refractivity contribution is 5.99. The van der Waals surface area contributed by atoms with Gasteiger partial charge >= 0.3 is 5.97 Å². The molecule has 0 N–H and O–H groups in total. The van der Waals surface area contributed by atoms with Gasteiger partial charge in [-0.15, -0.1) is 0 Å². The van der Waals surface area contributed by atoms with Crippen molar-refractivity contribution < 1.29 is 14.3 Å². The van der Waals surface area contributed by atoms with E-state index in [1.54, 1.807) is 36.4 Å². The number of aryl methyl sites for hydroxylation is 1. The average Bonchev–Trinajstić information content (AvgIpc) is 2.39. The summed E-state index contributed by atoms with van der Waals surface area (Å²) in [5.74, 6) is -0.289. The van der Waals surface area contributed by atoms with E-state index in [1.165, 1.54) is 6.92 Å². The highest BCUT2D eigenvalue weighted by Gasteiger charge is 2.14. The maximum atomic E-state index is 12.1. The number of rotatable bonds is 3. The molecule has 0 radical (unpaired) electrons. The van der Waals surface area contributed by atoms with Crippen molar-refractivity contribution >= 4 is 11.8 Å². The summed E-state index contributed by atoms with van der Waals surface area (Å²) in [6.07, 6.45) is 0. The monoisotopic (exact) mass is 254 g/mol. The summed E-state index contributed by atoms with van der Waals surface area (Å²) >= 11 is 0. The van der Waals surface area contributed by atoms with Gasteiger partial charge in [0.25, 0.3) is 0 Å². The van der Waals surface area contributed by atoms with E-state index in [0.717, 1.165) is 5.56 Å². The van der Waals surface area contributed by atoms with Crippen molar-refractivity contribution in [2.75, 3.05) is 0 Å². The molecule has 2 aromatic rings. The molecule has 2 aromatic carbocycles. The number of esters is 1. The molecule has 3 heteroatoms. The number of carbonyl (C=O) groups excluding carboxylic acids is 2. The van der Waals surface area contributed by atoms with Crippen LogP contribution in [0, 0.1) is 6.92 Å². The zero-order valence-corrected chi connectivity index (χ0v) is 10.8. The van der Waals surface area contributed by atoms with Crippen LogP contribution in [0.3, 0.4) is 0 Å². The molecule has 0 saturated carbocycles. The zero-order chi connectivity index (χ0) is 13.8. The molecule has 0 bridgehead atoms. The van der Waals surface area contributed by atoms with Gasteiger partial charge in [0.15, 0.2) is 5.78 Å². The van der Waals surface area contributed by atoms with Crippen LogP contribution in [0.1, 0.15) is 33.2 Å². The Morgan fingerprint density at radius 2 is 1.47 bits per heavy atom. The van der Waals surface area contributed by atoms with Gasteiger partial charge in [0.2, 0.25) is 0 Å². The predicted octanol–water partition coefficient (Wildman–Crippen LogP) is 3.42. The van der Waals surface area contributed by atoms with E-state index >= 15 is 0 Å². The Kier molecular flexibility index (Phi) is 3.76. The van der Waals surface area contributed by atoms with Crippen LogP contribution in [-0.4, -0.2) is 11.8 Å². The number of hydrogen-bond donors (Lipinski definition) is 0. The molecule has 0 fully saturated rings. The molecule has 0 amide bonds. The van der Waals surface area contributed by atoms with Crippen LogP contribution in [0.5, 0.6) is 5.75 Å². The quantitative estimate of drug-likeness (QED) is 0.479. The van der Waals surface area contributed by atoms with E-state index < -0.39 is 5.97 Å². The lowest BCUT2D eigenvalue weighted by molar-refractivity contribution is 0.0732. The summed E-state index contributed by atoms with van der Waals surface area (Å²) in [6.45, 7) is 3.29. The van der Waals surface area contributed by atoms with Crippen molar-refractivity contribution in [3.8, 4) is 5.75 Å². The minimum absolute atomic E-state index is 0.131. The number of Topliss-reactive ketones (excluding diaryl/α,β-unsaturated/α-hetero) is 1. The topological polar surface area (TPSA) is 43.4 Å². The Bertz CT molecular complexity index is 629. The van der Waals surface area contributed by atoms with Gasteiger partial charge in [0.1, 0.15) is 5.75 Å².